The van der Waals surface area contributed by atoms with Gasteiger partial charge in [-0.2, -0.15) is 0 Å². The molecule has 3 nitrogen and oxygen atoms in total. The number of ketones is 1. The van der Waals surface area contributed by atoms with Crippen molar-refractivity contribution in [3.63, 3.8) is 0 Å². The molecule has 132 valence electrons. The molecule has 0 aromatic heterocycles. The van der Waals surface area contributed by atoms with Gasteiger partial charge in [0.1, 0.15) is 5.75 Å². The number of carbonyl (C=O) groups excluding carboxylic acids is 1. The van der Waals surface area contributed by atoms with Crippen molar-refractivity contribution in [2.24, 2.45) is 0 Å². The smallest absolute Gasteiger partial charge is 0.203 e. The van der Waals surface area contributed by atoms with Gasteiger partial charge in [0.15, 0.2) is 6.10 Å². The number of nitrogen functional groups attached to an aromatic ring is 1. The fourth-order valence-corrected chi connectivity index (χ4v) is 3.57. The molecule has 1 unspecified atom stereocenters. The molecule has 1 aliphatic rings. The molecule has 2 aromatic rings. The van der Waals surface area contributed by atoms with Gasteiger partial charge < -0.3 is 10.5 Å². The lowest BCUT2D eigenvalue weighted by Crippen LogP contribution is -2.26. The first-order valence-corrected chi connectivity index (χ1v) is 9.33. The lowest BCUT2D eigenvalue weighted by atomic mass is 9.84. The molecule has 0 saturated heterocycles. The van der Waals surface area contributed by atoms with E-state index in [4.69, 9.17) is 10.5 Å². The normalized spacial score (nSPS) is 16.4. The van der Waals surface area contributed by atoms with Crippen LogP contribution in [0.4, 0.5) is 5.69 Å². The average Bonchev–Trinajstić information content (AvgIpc) is 2.68. The second-order valence-electron chi connectivity index (χ2n) is 6.90. The number of rotatable bonds is 6. The van der Waals surface area contributed by atoms with Gasteiger partial charge in [-0.05, 0) is 55.0 Å². The molecule has 2 aromatic carbocycles. The summed E-state index contributed by atoms with van der Waals surface area (Å²) >= 11 is 0. The van der Waals surface area contributed by atoms with Crippen LogP contribution in [-0.2, 0) is 0 Å². The van der Waals surface area contributed by atoms with Crippen LogP contribution in [0, 0.1) is 0 Å². The van der Waals surface area contributed by atoms with E-state index >= 15 is 0 Å². The number of nitrogens with two attached hydrogens (primary N) is 1. The van der Waals surface area contributed by atoms with Crippen molar-refractivity contribution in [1.29, 1.82) is 0 Å². The SMILES string of the molecule is CCC(Oc1ccc(N)cc1)C(=O)c1ccc(C2CCCCC2)cc1. The molecule has 0 amide bonds. The lowest BCUT2D eigenvalue weighted by Gasteiger charge is -2.22. The van der Waals surface area contributed by atoms with E-state index in [0.29, 0.717) is 23.8 Å². The van der Waals surface area contributed by atoms with E-state index in [9.17, 15) is 4.79 Å². The third-order valence-corrected chi connectivity index (χ3v) is 5.09. The van der Waals surface area contributed by atoms with Gasteiger partial charge in [-0.1, -0.05) is 50.5 Å². The topological polar surface area (TPSA) is 52.3 Å². The van der Waals surface area contributed by atoms with E-state index in [1.807, 2.05) is 19.1 Å². The minimum absolute atomic E-state index is 0.0366. The van der Waals surface area contributed by atoms with Crippen LogP contribution in [0.1, 0.15) is 67.3 Å². The van der Waals surface area contributed by atoms with Gasteiger partial charge in [-0.3, -0.25) is 4.79 Å². The second-order valence-corrected chi connectivity index (χ2v) is 6.90. The van der Waals surface area contributed by atoms with E-state index < -0.39 is 6.10 Å². The zero-order valence-electron chi connectivity index (χ0n) is 14.9. The Balaban J connectivity index is 1.68. The summed E-state index contributed by atoms with van der Waals surface area (Å²) < 4.78 is 5.88. The van der Waals surface area contributed by atoms with Gasteiger partial charge in [0.25, 0.3) is 0 Å². The lowest BCUT2D eigenvalue weighted by molar-refractivity contribution is 0.0786. The Labute approximate surface area is 150 Å². The Morgan fingerprint density at radius 1 is 1.04 bits per heavy atom. The first kappa shape index (κ1) is 17.5. The quantitative estimate of drug-likeness (QED) is 0.570. The van der Waals surface area contributed by atoms with E-state index in [0.717, 1.165) is 5.56 Å². The van der Waals surface area contributed by atoms with Crippen molar-refractivity contribution < 1.29 is 9.53 Å². The average molecular weight is 337 g/mol. The van der Waals surface area contributed by atoms with E-state index in [1.54, 1.807) is 24.3 Å². The summed E-state index contributed by atoms with van der Waals surface area (Å²) in [5, 5.41) is 0. The van der Waals surface area contributed by atoms with Crippen LogP contribution < -0.4 is 10.5 Å². The van der Waals surface area contributed by atoms with Crippen molar-refractivity contribution in [1.82, 2.24) is 0 Å². The molecule has 3 heteroatoms. The third-order valence-electron chi connectivity index (χ3n) is 5.09. The number of ether oxygens (including phenoxy) is 1. The first-order chi connectivity index (χ1) is 12.2. The molecular weight excluding hydrogens is 310 g/mol. The minimum Gasteiger partial charge on any atom is -0.482 e. The Morgan fingerprint density at radius 3 is 2.28 bits per heavy atom. The third kappa shape index (κ3) is 4.41. The summed E-state index contributed by atoms with van der Waals surface area (Å²) in [4.78, 5) is 12.8. The molecule has 2 N–H and O–H groups in total. The zero-order valence-corrected chi connectivity index (χ0v) is 14.9. The van der Waals surface area contributed by atoms with E-state index in [-0.39, 0.29) is 5.78 Å². The van der Waals surface area contributed by atoms with Crippen LogP contribution in [0.25, 0.3) is 0 Å². The summed E-state index contributed by atoms with van der Waals surface area (Å²) in [5.41, 5.74) is 8.47. The Morgan fingerprint density at radius 2 is 1.68 bits per heavy atom. The van der Waals surface area contributed by atoms with Gasteiger partial charge in [0.05, 0.1) is 0 Å². The fourth-order valence-electron chi connectivity index (χ4n) is 3.57. The molecule has 1 saturated carbocycles. The highest BCUT2D eigenvalue weighted by molar-refractivity contribution is 5.99. The molecule has 1 fully saturated rings. The van der Waals surface area contributed by atoms with Crippen LogP contribution in [0.15, 0.2) is 48.5 Å². The summed E-state index contributed by atoms with van der Waals surface area (Å²) in [6.45, 7) is 1.97. The van der Waals surface area contributed by atoms with Crippen molar-refractivity contribution in [2.75, 3.05) is 5.73 Å². The number of carbonyl (C=O) groups is 1. The molecule has 0 aliphatic heterocycles. The fraction of sp³-hybridized carbons (Fsp3) is 0.409. The Bertz CT molecular complexity index is 685. The van der Waals surface area contributed by atoms with Crippen molar-refractivity contribution in [3.8, 4) is 5.75 Å². The number of hydrogen-bond acceptors (Lipinski definition) is 3. The summed E-state index contributed by atoms with van der Waals surface area (Å²) in [7, 11) is 0. The van der Waals surface area contributed by atoms with Crippen LogP contribution in [0.2, 0.25) is 0 Å². The maximum absolute atomic E-state index is 12.8. The van der Waals surface area contributed by atoms with Crippen molar-refractivity contribution in [2.45, 2.75) is 57.5 Å². The van der Waals surface area contributed by atoms with Gasteiger partial charge >= 0.3 is 0 Å². The number of hydrogen-bond donors (Lipinski definition) is 1. The van der Waals surface area contributed by atoms with E-state index in [2.05, 4.69) is 12.1 Å². The van der Waals surface area contributed by atoms with Gasteiger partial charge in [0.2, 0.25) is 5.78 Å². The van der Waals surface area contributed by atoms with E-state index in [1.165, 1.54) is 37.7 Å². The van der Waals surface area contributed by atoms with Crippen molar-refractivity contribution >= 4 is 11.5 Å². The summed E-state index contributed by atoms with van der Waals surface area (Å²) in [5.74, 6) is 1.37. The highest BCUT2D eigenvalue weighted by atomic mass is 16.5. The molecule has 3 rings (SSSR count). The maximum atomic E-state index is 12.8. The van der Waals surface area contributed by atoms with Gasteiger partial charge in [0, 0.05) is 11.3 Å². The molecule has 0 bridgehead atoms. The standard InChI is InChI=1S/C22H27NO2/c1-2-21(25-20-14-12-19(23)13-15-20)22(24)18-10-8-17(9-11-18)16-6-4-3-5-7-16/h8-16,21H,2-7,23H2,1H3. The molecule has 0 heterocycles. The van der Waals surface area contributed by atoms with Crippen LogP contribution in [-0.4, -0.2) is 11.9 Å². The molecule has 25 heavy (non-hydrogen) atoms. The summed E-state index contributed by atoms with van der Waals surface area (Å²) in [6.07, 6.45) is 6.69. The highest BCUT2D eigenvalue weighted by Crippen LogP contribution is 2.32. The Kier molecular flexibility index (Phi) is 5.75. The molecule has 0 radical (unpaired) electrons. The van der Waals surface area contributed by atoms with Crippen LogP contribution in [0.5, 0.6) is 5.75 Å². The molecule has 1 aliphatic carbocycles. The largest absolute Gasteiger partial charge is 0.482 e. The zero-order chi connectivity index (χ0) is 17.6. The molecular formula is C22H27NO2. The molecule has 1 atom stereocenters. The van der Waals surface area contributed by atoms with Crippen molar-refractivity contribution in [3.05, 3.63) is 59.7 Å². The predicted molar refractivity (Wildman–Crippen MR) is 102 cm³/mol. The van der Waals surface area contributed by atoms with Gasteiger partial charge in [-0.15, -0.1) is 0 Å². The highest BCUT2D eigenvalue weighted by Gasteiger charge is 2.21. The van der Waals surface area contributed by atoms with Crippen LogP contribution in [0.3, 0.4) is 0 Å². The maximum Gasteiger partial charge on any atom is 0.203 e. The first-order valence-electron chi connectivity index (χ1n) is 9.33. The predicted octanol–water partition coefficient (Wildman–Crippen LogP) is 5.36. The second kappa shape index (κ2) is 8.19. The van der Waals surface area contributed by atoms with Gasteiger partial charge in [-0.25, -0.2) is 0 Å². The number of Topliss-reactive ketones (excluding diaryl/α,β-unsaturated/α-hetero) is 1. The minimum atomic E-state index is -0.468. The summed E-state index contributed by atoms with van der Waals surface area (Å²) in [6, 6.07) is 15.3. The number of anilines is 1. The Hall–Kier alpha value is -2.29. The van der Waals surface area contributed by atoms with Crippen LogP contribution >= 0.6 is 0 Å². The monoisotopic (exact) mass is 337 g/mol. The molecule has 0 spiro atoms. The number of benzene rings is 2.